The van der Waals surface area contributed by atoms with Crippen molar-refractivity contribution in [3.63, 3.8) is 0 Å². The number of rotatable bonds is 5. The molecule has 6 heteroatoms. The molecule has 0 bridgehead atoms. The number of fused-ring (bicyclic) bond motifs is 3. The summed E-state index contributed by atoms with van der Waals surface area (Å²) in [6.07, 6.45) is 9.10. The van der Waals surface area contributed by atoms with Crippen LogP contribution in [-0.4, -0.2) is 41.3 Å². The number of pyridine rings is 1. The van der Waals surface area contributed by atoms with Gasteiger partial charge in [-0.15, -0.1) is 0 Å². The van der Waals surface area contributed by atoms with Crippen LogP contribution in [0.2, 0.25) is 0 Å². The fourth-order valence-corrected chi connectivity index (χ4v) is 9.14. The van der Waals surface area contributed by atoms with Crippen molar-refractivity contribution in [1.29, 1.82) is 0 Å². The highest BCUT2D eigenvalue weighted by atomic mass is 32.2. The number of hydrogen-bond acceptors (Lipinski definition) is 6. The Morgan fingerprint density at radius 2 is 2.00 bits per heavy atom. The molecule has 2 aliphatic heterocycles. The highest BCUT2D eigenvalue weighted by molar-refractivity contribution is 8.00. The maximum absolute atomic E-state index is 12.7. The van der Waals surface area contributed by atoms with E-state index >= 15 is 0 Å². The molecule has 5 rings (SSSR count). The van der Waals surface area contributed by atoms with Gasteiger partial charge in [0.05, 0.1) is 17.7 Å². The number of cyclic esters (lactones) is 1. The predicted octanol–water partition coefficient (Wildman–Crippen LogP) is 6.59. The summed E-state index contributed by atoms with van der Waals surface area (Å²) in [5, 5.41) is 0.912. The number of hydrogen-bond donors (Lipinski definition) is 0. The summed E-state index contributed by atoms with van der Waals surface area (Å²) in [6.45, 7) is 17.1. The average Bonchev–Trinajstić information content (AvgIpc) is 3.23. The molecule has 2 saturated carbocycles. The molecule has 1 aromatic rings. The van der Waals surface area contributed by atoms with Crippen LogP contribution >= 0.6 is 11.8 Å². The van der Waals surface area contributed by atoms with E-state index in [1.54, 1.807) is 11.8 Å². The first-order chi connectivity index (χ1) is 17.0. The van der Waals surface area contributed by atoms with Gasteiger partial charge in [-0.05, 0) is 87.3 Å². The van der Waals surface area contributed by atoms with Crippen molar-refractivity contribution in [2.45, 2.75) is 88.9 Å². The van der Waals surface area contributed by atoms with Crippen molar-refractivity contribution in [2.75, 3.05) is 13.2 Å². The largest absolute Gasteiger partial charge is 0.458 e. The zero-order valence-electron chi connectivity index (χ0n) is 22.4. The smallest absolute Gasteiger partial charge is 0.335 e. The van der Waals surface area contributed by atoms with E-state index in [0.29, 0.717) is 18.4 Å². The number of allylic oxidation sites excluding steroid dienone is 1. The number of carbonyl (C=O) groups is 1. The van der Waals surface area contributed by atoms with Gasteiger partial charge in [0, 0.05) is 22.4 Å². The number of nitrogens with zero attached hydrogens (tertiary/aromatic N) is 1. The topological polar surface area (TPSA) is 57.6 Å². The highest BCUT2D eigenvalue weighted by Crippen LogP contribution is 2.64. The summed E-state index contributed by atoms with van der Waals surface area (Å²) in [7, 11) is 0. The van der Waals surface area contributed by atoms with Gasteiger partial charge in [-0.2, -0.15) is 0 Å². The predicted molar refractivity (Wildman–Crippen MR) is 142 cm³/mol. The number of carbonyl (C=O) groups excluding carboxylic acids is 1. The molecule has 0 spiro atoms. The van der Waals surface area contributed by atoms with E-state index in [9.17, 15) is 4.79 Å². The molecule has 0 amide bonds. The number of thioether (sulfide) groups is 1. The molecule has 3 fully saturated rings. The fraction of sp³-hybridized carbons (Fsp3) is 0.667. The summed E-state index contributed by atoms with van der Waals surface area (Å²) in [6, 6.07) is 5.96. The van der Waals surface area contributed by atoms with Crippen LogP contribution in [0.3, 0.4) is 0 Å². The molecule has 36 heavy (non-hydrogen) atoms. The highest BCUT2D eigenvalue weighted by Gasteiger charge is 2.62. The normalized spacial score (nSPS) is 38.9. The maximum Gasteiger partial charge on any atom is 0.335 e. The summed E-state index contributed by atoms with van der Waals surface area (Å²) < 4.78 is 18.2. The minimum absolute atomic E-state index is 0.0224. The molecule has 2 aliphatic carbocycles. The number of aromatic nitrogens is 1. The second-order valence-electron chi connectivity index (χ2n) is 12.3. The van der Waals surface area contributed by atoms with Crippen LogP contribution in [0, 0.1) is 28.6 Å². The van der Waals surface area contributed by atoms with Crippen molar-refractivity contribution in [3.8, 4) is 0 Å². The van der Waals surface area contributed by atoms with E-state index < -0.39 is 5.79 Å². The first-order valence-corrected chi connectivity index (χ1v) is 14.4. The Labute approximate surface area is 220 Å². The Balaban J connectivity index is 1.50. The fourth-order valence-electron chi connectivity index (χ4n) is 7.96. The van der Waals surface area contributed by atoms with Gasteiger partial charge in [-0.25, -0.2) is 9.78 Å². The van der Waals surface area contributed by atoms with E-state index in [-0.39, 0.29) is 34.1 Å². The molecule has 5 nitrogen and oxygen atoms in total. The quantitative estimate of drug-likeness (QED) is 0.252. The van der Waals surface area contributed by atoms with E-state index in [1.807, 2.05) is 44.3 Å². The molecule has 4 aliphatic rings. The SMILES string of the molecule is C=C1CC[C@@H](C)C2[C@]3(C)COC(C)(C)O[C@@H]3CC[C@@]2(C)[C@@H]1CC(Sc1ccccn1)C1=CCOC1=O. The molecular weight excluding hydrogens is 470 g/mol. The second-order valence-corrected chi connectivity index (χ2v) is 13.5. The summed E-state index contributed by atoms with van der Waals surface area (Å²) >= 11 is 1.68. The zero-order chi connectivity index (χ0) is 25.7. The third-order valence-corrected chi connectivity index (χ3v) is 10.7. The van der Waals surface area contributed by atoms with Gasteiger partial charge < -0.3 is 14.2 Å². The van der Waals surface area contributed by atoms with Crippen molar-refractivity contribution >= 4 is 17.7 Å². The van der Waals surface area contributed by atoms with Crippen molar-refractivity contribution in [1.82, 2.24) is 4.98 Å². The van der Waals surface area contributed by atoms with Gasteiger partial charge in [0.25, 0.3) is 0 Å². The lowest BCUT2D eigenvalue weighted by Gasteiger charge is -2.62. The van der Waals surface area contributed by atoms with Crippen LogP contribution in [0.1, 0.15) is 66.7 Å². The van der Waals surface area contributed by atoms with Gasteiger partial charge in [-0.3, -0.25) is 0 Å². The van der Waals surface area contributed by atoms with Gasteiger partial charge in [-0.1, -0.05) is 50.8 Å². The third kappa shape index (κ3) is 4.58. The van der Waals surface area contributed by atoms with E-state index in [1.165, 1.54) is 5.57 Å². The van der Waals surface area contributed by atoms with Crippen molar-refractivity contribution in [2.24, 2.45) is 28.6 Å². The Kier molecular flexibility index (Phi) is 6.93. The molecule has 7 atom stereocenters. The maximum atomic E-state index is 12.7. The summed E-state index contributed by atoms with van der Waals surface area (Å²) in [4.78, 5) is 17.3. The lowest BCUT2D eigenvalue weighted by molar-refractivity contribution is -0.345. The van der Waals surface area contributed by atoms with Gasteiger partial charge >= 0.3 is 5.97 Å². The van der Waals surface area contributed by atoms with Crippen LogP contribution in [0.4, 0.5) is 0 Å². The average molecular weight is 512 g/mol. The zero-order valence-corrected chi connectivity index (χ0v) is 23.2. The van der Waals surface area contributed by atoms with Crippen LogP contribution in [0.5, 0.6) is 0 Å². The van der Waals surface area contributed by atoms with E-state index in [2.05, 4.69) is 32.3 Å². The van der Waals surface area contributed by atoms with Crippen molar-refractivity contribution < 1.29 is 19.0 Å². The van der Waals surface area contributed by atoms with Crippen LogP contribution in [0.25, 0.3) is 0 Å². The van der Waals surface area contributed by atoms with E-state index in [4.69, 9.17) is 14.2 Å². The van der Waals surface area contributed by atoms with Crippen LogP contribution in [-0.2, 0) is 19.0 Å². The minimum Gasteiger partial charge on any atom is -0.458 e. The minimum atomic E-state index is -0.533. The third-order valence-electron chi connectivity index (χ3n) is 9.49. The lowest BCUT2D eigenvalue weighted by Crippen LogP contribution is -2.63. The van der Waals surface area contributed by atoms with Gasteiger partial charge in [0.1, 0.15) is 6.61 Å². The first-order valence-electron chi connectivity index (χ1n) is 13.5. The van der Waals surface area contributed by atoms with Crippen LogP contribution < -0.4 is 0 Å². The van der Waals surface area contributed by atoms with E-state index in [0.717, 1.165) is 49.3 Å². The Morgan fingerprint density at radius 3 is 2.69 bits per heavy atom. The molecular formula is C30H41NO4S. The second kappa shape index (κ2) is 9.59. The monoisotopic (exact) mass is 511 g/mol. The Bertz CT molecular complexity index is 1040. The molecule has 196 valence electrons. The van der Waals surface area contributed by atoms with Gasteiger partial charge in [0.2, 0.25) is 0 Å². The number of ether oxygens (including phenoxy) is 3. The van der Waals surface area contributed by atoms with Crippen molar-refractivity contribution in [3.05, 3.63) is 48.2 Å². The summed E-state index contributed by atoms with van der Waals surface area (Å²) in [5.41, 5.74) is 2.09. The standard InChI is InChI=1S/C30H41NO4S/c1-19-10-11-20(2)26-29(5,14-12-24-30(26,6)18-34-28(3,4)35-24)22(19)17-23(21-13-16-33-27(21)32)36-25-9-7-8-15-31-25/h7-9,13,15,20,22-24,26H,1,10-12,14,16-18H2,2-6H3/t20-,22-,23?,24-,26?,29+,30-/m1/s1. The lowest BCUT2D eigenvalue weighted by atomic mass is 9.47. The molecule has 3 heterocycles. The Morgan fingerprint density at radius 1 is 1.19 bits per heavy atom. The Hall–Kier alpha value is -1.63. The molecule has 1 saturated heterocycles. The molecule has 1 aromatic heterocycles. The first kappa shape index (κ1) is 26.0. The molecule has 2 unspecified atom stereocenters. The molecule has 0 radical (unpaired) electrons. The van der Waals surface area contributed by atoms with Crippen LogP contribution in [0.15, 0.2) is 53.2 Å². The summed E-state index contributed by atoms with van der Waals surface area (Å²) in [5.74, 6) is 0.541. The van der Waals surface area contributed by atoms with Gasteiger partial charge in [0.15, 0.2) is 5.79 Å². The molecule has 0 N–H and O–H groups in total. The molecule has 0 aromatic carbocycles. The number of esters is 1.